The second-order valence-corrected chi connectivity index (χ2v) is 3.07. The van der Waals surface area contributed by atoms with Crippen LogP contribution >= 0.6 is 0 Å². The summed E-state index contributed by atoms with van der Waals surface area (Å²) in [4.78, 5) is 3.90. The van der Waals surface area contributed by atoms with Crippen molar-refractivity contribution in [2.75, 3.05) is 0 Å². The molecular formula is C10H12N2O. The molecule has 0 saturated carbocycles. The number of hydrogen-bond donors (Lipinski definition) is 1. The molecule has 0 aromatic carbocycles. The van der Waals surface area contributed by atoms with Gasteiger partial charge in [0.05, 0.1) is 12.2 Å². The molecule has 0 spiro atoms. The van der Waals surface area contributed by atoms with Gasteiger partial charge in [-0.2, -0.15) is 5.26 Å². The molecule has 1 aromatic rings. The Morgan fingerprint density at radius 2 is 2.46 bits per heavy atom. The lowest BCUT2D eigenvalue weighted by atomic mass is 10.0. The lowest BCUT2D eigenvalue weighted by Gasteiger charge is -2.10. The maximum Gasteiger partial charge on any atom is 0.0817 e. The summed E-state index contributed by atoms with van der Waals surface area (Å²) in [6, 6.07) is 5.67. The molecule has 0 aliphatic rings. The van der Waals surface area contributed by atoms with Gasteiger partial charge < -0.3 is 5.11 Å². The van der Waals surface area contributed by atoms with E-state index in [-0.39, 0.29) is 5.92 Å². The zero-order valence-electron chi connectivity index (χ0n) is 7.51. The number of hydrogen-bond acceptors (Lipinski definition) is 3. The SMILES string of the molecule is CC(C#N)CC(O)c1cccnc1. The molecule has 0 bridgehead atoms. The highest BCUT2D eigenvalue weighted by Gasteiger charge is 2.11. The highest BCUT2D eigenvalue weighted by molar-refractivity contribution is 5.12. The van der Waals surface area contributed by atoms with Crippen LogP contribution in [0.25, 0.3) is 0 Å². The second-order valence-electron chi connectivity index (χ2n) is 3.07. The molecule has 2 atom stereocenters. The van der Waals surface area contributed by atoms with Crippen LogP contribution in [0.15, 0.2) is 24.5 Å². The topological polar surface area (TPSA) is 56.9 Å². The van der Waals surface area contributed by atoms with Crippen molar-refractivity contribution in [3.05, 3.63) is 30.1 Å². The number of nitriles is 1. The lowest BCUT2D eigenvalue weighted by Crippen LogP contribution is -2.02. The molecule has 1 aromatic heterocycles. The molecule has 3 nitrogen and oxygen atoms in total. The van der Waals surface area contributed by atoms with Gasteiger partial charge in [-0.1, -0.05) is 6.07 Å². The average Bonchev–Trinajstić information content (AvgIpc) is 2.19. The molecule has 0 saturated heterocycles. The predicted molar refractivity (Wildman–Crippen MR) is 48.6 cm³/mol. The van der Waals surface area contributed by atoms with E-state index in [4.69, 9.17) is 5.26 Å². The van der Waals surface area contributed by atoms with Crippen LogP contribution in [-0.2, 0) is 0 Å². The fourth-order valence-electron chi connectivity index (χ4n) is 1.10. The molecule has 13 heavy (non-hydrogen) atoms. The van der Waals surface area contributed by atoms with Crippen LogP contribution in [0.2, 0.25) is 0 Å². The first-order valence-corrected chi connectivity index (χ1v) is 4.21. The predicted octanol–water partition coefficient (Wildman–Crippen LogP) is 1.66. The summed E-state index contributed by atoms with van der Waals surface area (Å²) >= 11 is 0. The highest BCUT2D eigenvalue weighted by Crippen LogP contribution is 2.19. The van der Waals surface area contributed by atoms with Gasteiger partial charge in [0.1, 0.15) is 0 Å². The van der Waals surface area contributed by atoms with Gasteiger partial charge in [0, 0.05) is 18.3 Å². The fourth-order valence-corrected chi connectivity index (χ4v) is 1.10. The van der Waals surface area contributed by atoms with E-state index >= 15 is 0 Å². The van der Waals surface area contributed by atoms with Crippen LogP contribution in [-0.4, -0.2) is 10.1 Å². The number of aliphatic hydroxyl groups is 1. The second kappa shape index (κ2) is 4.58. The first kappa shape index (κ1) is 9.69. The Morgan fingerprint density at radius 3 is 3.00 bits per heavy atom. The Bertz CT molecular complexity index is 292. The number of aromatic nitrogens is 1. The molecule has 1 heterocycles. The van der Waals surface area contributed by atoms with E-state index in [9.17, 15) is 5.11 Å². The molecule has 0 fully saturated rings. The van der Waals surface area contributed by atoms with Gasteiger partial charge in [0.25, 0.3) is 0 Å². The van der Waals surface area contributed by atoms with Crippen molar-refractivity contribution in [2.45, 2.75) is 19.4 Å². The van der Waals surface area contributed by atoms with Gasteiger partial charge in [0.15, 0.2) is 0 Å². The molecule has 1 rings (SSSR count). The van der Waals surface area contributed by atoms with Gasteiger partial charge in [-0.15, -0.1) is 0 Å². The molecule has 0 radical (unpaired) electrons. The van der Waals surface area contributed by atoms with E-state index in [2.05, 4.69) is 11.1 Å². The summed E-state index contributed by atoms with van der Waals surface area (Å²) in [5.74, 6) is -0.129. The standard InChI is InChI=1S/C10H12N2O/c1-8(6-11)5-10(13)9-3-2-4-12-7-9/h2-4,7-8,10,13H,5H2,1H3. The summed E-state index contributed by atoms with van der Waals surface area (Å²) in [6.45, 7) is 1.79. The van der Waals surface area contributed by atoms with E-state index in [0.717, 1.165) is 5.56 Å². The summed E-state index contributed by atoms with van der Waals surface area (Å²) < 4.78 is 0. The van der Waals surface area contributed by atoms with E-state index in [1.807, 2.05) is 6.07 Å². The Hall–Kier alpha value is -1.40. The summed E-state index contributed by atoms with van der Waals surface area (Å²) in [7, 11) is 0. The van der Waals surface area contributed by atoms with Crippen LogP contribution in [0.1, 0.15) is 25.0 Å². The van der Waals surface area contributed by atoms with Gasteiger partial charge in [-0.25, -0.2) is 0 Å². The lowest BCUT2D eigenvalue weighted by molar-refractivity contribution is 0.156. The van der Waals surface area contributed by atoms with E-state index < -0.39 is 6.10 Å². The van der Waals surface area contributed by atoms with Crippen molar-refractivity contribution in [3.8, 4) is 6.07 Å². The monoisotopic (exact) mass is 176 g/mol. The third-order valence-electron chi connectivity index (χ3n) is 1.87. The number of aliphatic hydroxyl groups excluding tert-OH is 1. The van der Waals surface area contributed by atoms with E-state index in [1.54, 1.807) is 25.4 Å². The molecule has 68 valence electrons. The van der Waals surface area contributed by atoms with Crippen LogP contribution in [0.3, 0.4) is 0 Å². The third-order valence-corrected chi connectivity index (χ3v) is 1.87. The Labute approximate surface area is 77.7 Å². The van der Waals surface area contributed by atoms with E-state index in [1.165, 1.54) is 0 Å². The molecule has 3 heteroatoms. The van der Waals surface area contributed by atoms with Crippen LogP contribution in [0.4, 0.5) is 0 Å². The Morgan fingerprint density at radius 1 is 1.69 bits per heavy atom. The van der Waals surface area contributed by atoms with Crippen molar-refractivity contribution in [1.29, 1.82) is 5.26 Å². The third kappa shape index (κ3) is 2.85. The Kier molecular flexibility index (Phi) is 3.41. The van der Waals surface area contributed by atoms with Crippen LogP contribution < -0.4 is 0 Å². The van der Waals surface area contributed by atoms with Crippen molar-refractivity contribution in [1.82, 2.24) is 4.98 Å². The van der Waals surface area contributed by atoms with Gasteiger partial charge in [0.2, 0.25) is 0 Å². The normalized spacial score (nSPS) is 14.5. The van der Waals surface area contributed by atoms with Gasteiger partial charge >= 0.3 is 0 Å². The van der Waals surface area contributed by atoms with E-state index in [0.29, 0.717) is 6.42 Å². The van der Waals surface area contributed by atoms with Crippen molar-refractivity contribution in [3.63, 3.8) is 0 Å². The molecule has 0 aliphatic heterocycles. The number of rotatable bonds is 3. The molecule has 0 amide bonds. The average molecular weight is 176 g/mol. The van der Waals surface area contributed by atoms with Crippen molar-refractivity contribution in [2.24, 2.45) is 5.92 Å². The minimum absolute atomic E-state index is 0.129. The molecule has 1 N–H and O–H groups in total. The van der Waals surface area contributed by atoms with Crippen molar-refractivity contribution >= 4 is 0 Å². The zero-order chi connectivity index (χ0) is 9.68. The minimum Gasteiger partial charge on any atom is -0.388 e. The smallest absolute Gasteiger partial charge is 0.0817 e. The minimum atomic E-state index is -0.580. The molecule has 0 aliphatic carbocycles. The Balaban J connectivity index is 2.60. The first-order chi connectivity index (χ1) is 6.24. The zero-order valence-corrected chi connectivity index (χ0v) is 7.51. The summed E-state index contributed by atoms with van der Waals surface area (Å²) in [5.41, 5.74) is 0.768. The molecule has 2 unspecified atom stereocenters. The highest BCUT2D eigenvalue weighted by atomic mass is 16.3. The fraction of sp³-hybridized carbons (Fsp3) is 0.400. The van der Waals surface area contributed by atoms with Crippen molar-refractivity contribution < 1.29 is 5.11 Å². The maximum atomic E-state index is 9.63. The molecular weight excluding hydrogens is 164 g/mol. The van der Waals surface area contributed by atoms with Crippen LogP contribution in [0, 0.1) is 17.2 Å². The summed E-state index contributed by atoms with van der Waals surface area (Å²) in [6.07, 6.45) is 3.16. The maximum absolute atomic E-state index is 9.63. The van der Waals surface area contributed by atoms with Gasteiger partial charge in [-0.05, 0) is 25.0 Å². The van der Waals surface area contributed by atoms with Crippen LogP contribution in [0.5, 0.6) is 0 Å². The number of nitrogens with zero attached hydrogens (tertiary/aromatic N) is 2. The number of pyridine rings is 1. The largest absolute Gasteiger partial charge is 0.388 e. The quantitative estimate of drug-likeness (QED) is 0.762. The first-order valence-electron chi connectivity index (χ1n) is 4.21. The summed E-state index contributed by atoms with van der Waals surface area (Å²) in [5, 5.41) is 18.2. The van der Waals surface area contributed by atoms with Gasteiger partial charge in [-0.3, -0.25) is 4.98 Å².